The van der Waals surface area contributed by atoms with Gasteiger partial charge in [0.25, 0.3) is 0 Å². The number of likely N-dealkylation sites (N-methyl/N-ethyl adjacent to an activating group) is 1. The molecule has 1 aromatic heterocycles. The van der Waals surface area contributed by atoms with Crippen molar-refractivity contribution in [2.75, 3.05) is 46.9 Å². The van der Waals surface area contributed by atoms with E-state index in [9.17, 15) is 0 Å². The molecule has 0 spiro atoms. The fourth-order valence-corrected chi connectivity index (χ4v) is 2.04. The Bertz CT molecular complexity index is 519. The number of hydrogen-bond acceptors (Lipinski definition) is 5. The molecule has 0 aliphatic heterocycles. The lowest BCUT2D eigenvalue weighted by molar-refractivity contribution is 0.180. The summed E-state index contributed by atoms with van der Waals surface area (Å²) in [5.74, 6) is 2.47. The number of aliphatic imine (C=N–C) groups is 1. The molecule has 0 bridgehead atoms. The van der Waals surface area contributed by atoms with Gasteiger partial charge in [-0.3, -0.25) is 0 Å². The number of nitrogens with one attached hydrogen (secondary N) is 2. The molecular weight excluding hydrogens is 433 g/mol. The predicted molar refractivity (Wildman–Crippen MR) is 112 cm³/mol. The molecule has 8 nitrogen and oxygen atoms in total. The van der Waals surface area contributed by atoms with Crippen molar-refractivity contribution in [2.24, 2.45) is 12.0 Å². The highest BCUT2D eigenvalue weighted by molar-refractivity contribution is 14.0. The zero-order valence-corrected chi connectivity index (χ0v) is 18.1. The average molecular weight is 465 g/mol. The molecule has 144 valence electrons. The first-order chi connectivity index (χ1) is 11.6. The standard InChI is InChI=1S/C16H31N7O.HI/c1-6-8-17-16(18-9-11-22(3)10-7-12-24-5)19-13-15-21-20-14(2)23(15)4;/h6H,1,7-13H2,2-5H3,(H2,17,18,19);1H. The van der Waals surface area contributed by atoms with E-state index in [2.05, 4.69) is 44.3 Å². The van der Waals surface area contributed by atoms with Gasteiger partial charge in [0, 0.05) is 46.9 Å². The van der Waals surface area contributed by atoms with Gasteiger partial charge < -0.3 is 24.8 Å². The SMILES string of the molecule is C=CCNC(=NCc1nnc(C)n1C)NCCN(C)CCCOC.I. The Balaban J connectivity index is 0.00000576. The second-order valence-electron chi connectivity index (χ2n) is 5.63. The van der Waals surface area contributed by atoms with Crippen LogP contribution in [0.5, 0.6) is 0 Å². The van der Waals surface area contributed by atoms with Crippen molar-refractivity contribution in [3.8, 4) is 0 Å². The fraction of sp³-hybridized carbons (Fsp3) is 0.688. The molecule has 9 heteroatoms. The highest BCUT2D eigenvalue weighted by Crippen LogP contribution is 1.98. The summed E-state index contributed by atoms with van der Waals surface area (Å²) in [6.07, 6.45) is 2.84. The summed E-state index contributed by atoms with van der Waals surface area (Å²) in [4.78, 5) is 6.83. The molecule has 0 saturated carbocycles. The van der Waals surface area contributed by atoms with Crippen LogP contribution in [0.3, 0.4) is 0 Å². The van der Waals surface area contributed by atoms with Crippen LogP contribution < -0.4 is 10.6 Å². The van der Waals surface area contributed by atoms with Crippen LogP contribution in [0.1, 0.15) is 18.1 Å². The first-order valence-corrected chi connectivity index (χ1v) is 8.24. The molecular formula is C16H32IN7O. The van der Waals surface area contributed by atoms with Crippen LogP contribution in [0.4, 0.5) is 0 Å². The van der Waals surface area contributed by atoms with Crippen molar-refractivity contribution in [1.29, 1.82) is 0 Å². The van der Waals surface area contributed by atoms with Gasteiger partial charge in [-0.1, -0.05) is 6.08 Å². The lowest BCUT2D eigenvalue weighted by atomic mass is 10.4. The van der Waals surface area contributed by atoms with Crippen molar-refractivity contribution in [3.05, 3.63) is 24.3 Å². The second-order valence-corrected chi connectivity index (χ2v) is 5.63. The number of methoxy groups -OCH3 is 1. The molecule has 0 saturated heterocycles. The summed E-state index contributed by atoms with van der Waals surface area (Å²) in [5, 5.41) is 14.7. The maximum atomic E-state index is 5.07. The molecule has 0 aromatic carbocycles. The van der Waals surface area contributed by atoms with E-state index in [1.165, 1.54) is 0 Å². The summed E-state index contributed by atoms with van der Waals surface area (Å²) in [7, 11) is 5.78. The first-order valence-electron chi connectivity index (χ1n) is 8.24. The predicted octanol–water partition coefficient (Wildman–Crippen LogP) is 0.931. The van der Waals surface area contributed by atoms with E-state index in [0.29, 0.717) is 13.1 Å². The van der Waals surface area contributed by atoms with Crippen molar-refractivity contribution < 1.29 is 4.74 Å². The van der Waals surface area contributed by atoms with E-state index >= 15 is 0 Å². The van der Waals surface area contributed by atoms with Crippen LogP contribution in [-0.2, 0) is 18.3 Å². The Morgan fingerprint density at radius 1 is 1.36 bits per heavy atom. The number of nitrogens with zero attached hydrogens (tertiary/aromatic N) is 5. The lowest BCUT2D eigenvalue weighted by Gasteiger charge is -2.18. The van der Waals surface area contributed by atoms with Crippen LogP contribution in [0.15, 0.2) is 17.6 Å². The third-order valence-electron chi connectivity index (χ3n) is 3.65. The number of rotatable bonds is 11. The molecule has 0 aliphatic carbocycles. The number of guanidine groups is 1. The first kappa shape index (κ1) is 23.8. The molecule has 0 aliphatic rings. The van der Waals surface area contributed by atoms with Crippen molar-refractivity contribution in [1.82, 2.24) is 30.3 Å². The normalized spacial score (nSPS) is 11.3. The third kappa shape index (κ3) is 9.75. The number of ether oxygens (including phenoxy) is 1. The van der Waals surface area contributed by atoms with E-state index < -0.39 is 0 Å². The third-order valence-corrected chi connectivity index (χ3v) is 3.65. The topological polar surface area (TPSA) is 79.6 Å². The van der Waals surface area contributed by atoms with Gasteiger partial charge in [0.1, 0.15) is 12.4 Å². The zero-order valence-electron chi connectivity index (χ0n) is 15.8. The molecule has 0 unspecified atom stereocenters. The maximum Gasteiger partial charge on any atom is 0.192 e. The van der Waals surface area contributed by atoms with E-state index in [-0.39, 0.29) is 24.0 Å². The zero-order chi connectivity index (χ0) is 17.8. The van der Waals surface area contributed by atoms with E-state index in [1.54, 1.807) is 13.2 Å². The van der Waals surface area contributed by atoms with Crippen LogP contribution in [0, 0.1) is 6.92 Å². The molecule has 0 fully saturated rings. The average Bonchev–Trinajstić information content (AvgIpc) is 2.89. The molecule has 2 N–H and O–H groups in total. The smallest absolute Gasteiger partial charge is 0.192 e. The van der Waals surface area contributed by atoms with Crippen molar-refractivity contribution >= 4 is 29.9 Å². The van der Waals surface area contributed by atoms with Gasteiger partial charge >= 0.3 is 0 Å². The van der Waals surface area contributed by atoms with E-state index in [0.717, 1.165) is 50.3 Å². The summed E-state index contributed by atoms with van der Waals surface area (Å²) < 4.78 is 7.01. The van der Waals surface area contributed by atoms with Gasteiger partial charge in [0.2, 0.25) is 0 Å². The minimum Gasteiger partial charge on any atom is -0.385 e. The number of halogens is 1. The molecule has 0 atom stereocenters. The Labute approximate surface area is 168 Å². The van der Waals surface area contributed by atoms with Gasteiger partial charge in [-0.25, -0.2) is 4.99 Å². The van der Waals surface area contributed by atoms with Gasteiger partial charge in [-0.05, 0) is 20.4 Å². The van der Waals surface area contributed by atoms with Gasteiger partial charge in [-0.2, -0.15) is 0 Å². The molecule has 0 amide bonds. The van der Waals surface area contributed by atoms with E-state index in [1.807, 2.05) is 18.5 Å². The quantitative estimate of drug-likeness (QED) is 0.167. The summed E-state index contributed by atoms with van der Waals surface area (Å²) >= 11 is 0. The number of hydrogen-bond donors (Lipinski definition) is 2. The molecule has 1 rings (SSSR count). The van der Waals surface area contributed by atoms with Crippen LogP contribution in [0.25, 0.3) is 0 Å². The Kier molecular flexibility index (Phi) is 13.3. The maximum absolute atomic E-state index is 5.07. The molecule has 0 radical (unpaired) electrons. The van der Waals surface area contributed by atoms with Gasteiger partial charge in [-0.15, -0.1) is 40.8 Å². The second kappa shape index (κ2) is 14.0. The van der Waals surface area contributed by atoms with Crippen molar-refractivity contribution in [3.63, 3.8) is 0 Å². The molecule has 1 aromatic rings. The Hall–Kier alpha value is -1.20. The highest BCUT2D eigenvalue weighted by atomic mass is 127. The minimum absolute atomic E-state index is 0. The number of aryl methyl sites for hydroxylation is 1. The van der Waals surface area contributed by atoms with Crippen LogP contribution >= 0.6 is 24.0 Å². The van der Waals surface area contributed by atoms with Gasteiger partial charge in [0.05, 0.1) is 0 Å². The Morgan fingerprint density at radius 3 is 2.72 bits per heavy atom. The Morgan fingerprint density at radius 2 is 2.12 bits per heavy atom. The molecule has 25 heavy (non-hydrogen) atoms. The minimum atomic E-state index is 0. The number of aromatic nitrogens is 3. The van der Waals surface area contributed by atoms with Crippen molar-refractivity contribution in [2.45, 2.75) is 19.9 Å². The van der Waals surface area contributed by atoms with Gasteiger partial charge in [0.15, 0.2) is 11.8 Å². The van der Waals surface area contributed by atoms with Crippen LogP contribution in [-0.4, -0.2) is 72.6 Å². The lowest BCUT2D eigenvalue weighted by Crippen LogP contribution is -2.41. The summed E-state index contributed by atoms with van der Waals surface area (Å²) in [6.45, 7) is 10.3. The fourth-order valence-electron chi connectivity index (χ4n) is 2.04. The summed E-state index contributed by atoms with van der Waals surface area (Å²) in [5.41, 5.74) is 0. The highest BCUT2D eigenvalue weighted by Gasteiger charge is 2.05. The largest absolute Gasteiger partial charge is 0.385 e. The monoisotopic (exact) mass is 465 g/mol. The molecule has 1 heterocycles. The van der Waals surface area contributed by atoms with E-state index in [4.69, 9.17) is 4.74 Å². The summed E-state index contributed by atoms with van der Waals surface area (Å²) in [6, 6.07) is 0. The van der Waals surface area contributed by atoms with Crippen LogP contribution in [0.2, 0.25) is 0 Å².